The van der Waals surface area contributed by atoms with Crippen LogP contribution in [0.25, 0.3) is 0 Å². The molecule has 0 saturated heterocycles. The van der Waals surface area contributed by atoms with Crippen molar-refractivity contribution in [1.29, 1.82) is 0 Å². The number of nitrogens with one attached hydrogen (secondary N) is 2. The van der Waals surface area contributed by atoms with Gasteiger partial charge in [-0.3, -0.25) is 14.4 Å². The number of anilines is 2. The molecule has 1 atom stereocenters. The van der Waals surface area contributed by atoms with Gasteiger partial charge in [0.1, 0.15) is 6.04 Å². The van der Waals surface area contributed by atoms with Crippen LogP contribution >= 0.6 is 11.8 Å². The van der Waals surface area contributed by atoms with E-state index < -0.39 is 11.9 Å². The van der Waals surface area contributed by atoms with Gasteiger partial charge in [0.15, 0.2) is 5.76 Å². The van der Waals surface area contributed by atoms with Crippen LogP contribution in [0.1, 0.15) is 41.7 Å². The van der Waals surface area contributed by atoms with Crippen molar-refractivity contribution in [3.63, 3.8) is 0 Å². The number of amides is 3. The lowest BCUT2D eigenvalue weighted by Crippen LogP contribution is -2.47. The molecule has 2 aromatic carbocycles. The Morgan fingerprint density at radius 1 is 1.06 bits per heavy atom. The molecule has 0 fully saturated rings. The van der Waals surface area contributed by atoms with Gasteiger partial charge in [0.05, 0.1) is 17.5 Å². The zero-order valence-corrected chi connectivity index (χ0v) is 19.4. The van der Waals surface area contributed by atoms with Crippen LogP contribution in [0.2, 0.25) is 0 Å². The average Bonchev–Trinajstić information content (AvgIpc) is 3.30. The molecule has 0 saturated carbocycles. The first-order chi connectivity index (χ1) is 15.9. The van der Waals surface area contributed by atoms with Crippen LogP contribution in [-0.4, -0.2) is 30.3 Å². The van der Waals surface area contributed by atoms with Gasteiger partial charge in [-0.1, -0.05) is 37.7 Å². The van der Waals surface area contributed by atoms with Crippen molar-refractivity contribution in [2.24, 2.45) is 5.92 Å². The highest BCUT2D eigenvalue weighted by molar-refractivity contribution is 7.99. The highest BCUT2D eigenvalue weighted by Gasteiger charge is 2.28. The smallest absolute Gasteiger partial charge is 0.287 e. The molecule has 1 aromatic heterocycles. The molecular weight excluding hydrogens is 438 g/mol. The fourth-order valence-corrected chi connectivity index (χ4v) is 4.81. The molecule has 8 heteroatoms. The third-order valence-corrected chi connectivity index (χ3v) is 6.52. The summed E-state index contributed by atoms with van der Waals surface area (Å²) in [5, 5.41) is 5.65. The van der Waals surface area contributed by atoms with E-state index >= 15 is 0 Å². The van der Waals surface area contributed by atoms with Crippen LogP contribution in [0, 0.1) is 5.92 Å². The summed E-state index contributed by atoms with van der Waals surface area (Å²) in [7, 11) is 0. The Kier molecular flexibility index (Phi) is 6.55. The summed E-state index contributed by atoms with van der Waals surface area (Å²) in [6.07, 6.45) is 1.41. The van der Waals surface area contributed by atoms with Crippen molar-refractivity contribution in [3.05, 3.63) is 72.2 Å². The van der Waals surface area contributed by atoms with E-state index in [1.165, 1.54) is 18.0 Å². The summed E-state index contributed by atoms with van der Waals surface area (Å²) < 4.78 is 5.13. The Balaban J connectivity index is 1.58. The van der Waals surface area contributed by atoms with Crippen molar-refractivity contribution in [2.45, 2.75) is 36.6 Å². The maximum absolute atomic E-state index is 13.1. The first-order valence-electron chi connectivity index (χ1n) is 10.8. The number of rotatable bonds is 6. The first kappa shape index (κ1) is 22.7. The normalized spacial score (nSPS) is 13.7. The van der Waals surface area contributed by atoms with Crippen LogP contribution < -0.4 is 15.5 Å². The van der Waals surface area contributed by atoms with E-state index in [2.05, 4.69) is 10.6 Å². The van der Waals surface area contributed by atoms with Gasteiger partial charge in [0.25, 0.3) is 11.8 Å². The predicted octanol–water partition coefficient (Wildman–Crippen LogP) is 4.80. The third-order valence-electron chi connectivity index (χ3n) is 5.40. The van der Waals surface area contributed by atoms with E-state index in [4.69, 9.17) is 4.42 Å². The molecule has 0 radical (unpaired) electrons. The van der Waals surface area contributed by atoms with E-state index in [1.54, 1.807) is 23.1 Å². The predicted molar refractivity (Wildman–Crippen MR) is 128 cm³/mol. The van der Waals surface area contributed by atoms with Crippen molar-refractivity contribution in [3.8, 4) is 0 Å². The van der Waals surface area contributed by atoms with Gasteiger partial charge in [0.2, 0.25) is 5.91 Å². The molecule has 0 spiro atoms. The molecule has 0 bridgehead atoms. The molecule has 2 N–H and O–H groups in total. The van der Waals surface area contributed by atoms with Crippen molar-refractivity contribution in [2.75, 3.05) is 16.8 Å². The molecule has 170 valence electrons. The molecule has 4 rings (SSSR count). The van der Waals surface area contributed by atoms with E-state index in [0.29, 0.717) is 17.8 Å². The second kappa shape index (κ2) is 9.54. The largest absolute Gasteiger partial charge is 0.459 e. The molecule has 1 aliphatic heterocycles. The number of benzene rings is 2. The lowest BCUT2D eigenvalue weighted by Gasteiger charge is -2.23. The maximum atomic E-state index is 13.1. The SMILES string of the molecule is CCN1C(=O)c2ccccc2Sc2cc(NC(=O)[C@H](NC(=O)c3ccco3)C(C)C)ccc21. The fourth-order valence-electron chi connectivity index (χ4n) is 3.69. The molecule has 33 heavy (non-hydrogen) atoms. The fraction of sp³-hybridized carbons (Fsp3) is 0.240. The summed E-state index contributed by atoms with van der Waals surface area (Å²) in [6, 6.07) is 15.4. The minimum Gasteiger partial charge on any atom is -0.459 e. The number of furan rings is 1. The Morgan fingerprint density at radius 3 is 2.55 bits per heavy atom. The third kappa shape index (κ3) is 4.66. The van der Waals surface area contributed by atoms with Gasteiger partial charge >= 0.3 is 0 Å². The van der Waals surface area contributed by atoms with Gasteiger partial charge in [0, 0.05) is 22.0 Å². The van der Waals surface area contributed by atoms with E-state index in [9.17, 15) is 14.4 Å². The monoisotopic (exact) mass is 463 g/mol. The summed E-state index contributed by atoms with van der Waals surface area (Å²) in [5.41, 5.74) is 2.05. The highest BCUT2D eigenvalue weighted by Crippen LogP contribution is 2.42. The molecule has 0 unspecified atom stereocenters. The minimum absolute atomic E-state index is 0.0448. The van der Waals surface area contributed by atoms with Gasteiger partial charge in [-0.25, -0.2) is 0 Å². The Labute approximate surface area is 196 Å². The second-order valence-corrected chi connectivity index (χ2v) is 9.08. The van der Waals surface area contributed by atoms with Gasteiger partial charge in [-0.2, -0.15) is 0 Å². The second-order valence-electron chi connectivity index (χ2n) is 7.99. The summed E-state index contributed by atoms with van der Waals surface area (Å²) in [5.74, 6) is -0.805. The zero-order chi connectivity index (χ0) is 23.5. The van der Waals surface area contributed by atoms with Crippen LogP contribution in [-0.2, 0) is 4.79 Å². The quantitative estimate of drug-likeness (QED) is 0.548. The molecule has 7 nitrogen and oxygen atoms in total. The molecule has 0 aliphatic carbocycles. The van der Waals surface area contributed by atoms with Gasteiger partial charge in [-0.05, 0) is 55.3 Å². The number of hydrogen-bond donors (Lipinski definition) is 2. The number of fused-ring (bicyclic) bond motifs is 2. The molecule has 3 amide bonds. The molecular formula is C25H25N3O4S. The Morgan fingerprint density at radius 2 is 1.85 bits per heavy atom. The van der Waals surface area contributed by atoms with E-state index in [1.807, 2.05) is 57.2 Å². The number of carbonyl (C=O) groups is 3. The minimum atomic E-state index is -0.747. The summed E-state index contributed by atoms with van der Waals surface area (Å²) in [4.78, 5) is 42.0. The van der Waals surface area contributed by atoms with E-state index in [-0.39, 0.29) is 23.5 Å². The van der Waals surface area contributed by atoms with E-state index in [0.717, 1.165) is 15.5 Å². The van der Waals surface area contributed by atoms with Crippen LogP contribution in [0.3, 0.4) is 0 Å². The van der Waals surface area contributed by atoms with Crippen molar-refractivity contribution < 1.29 is 18.8 Å². The first-order valence-corrected chi connectivity index (χ1v) is 11.6. The average molecular weight is 464 g/mol. The Bertz CT molecular complexity index is 1190. The lowest BCUT2D eigenvalue weighted by molar-refractivity contribution is -0.118. The zero-order valence-electron chi connectivity index (χ0n) is 18.6. The van der Waals surface area contributed by atoms with Gasteiger partial charge < -0.3 is 20.0 Å². The standard InChI is InChI=1S/C25H25N3O4S/c1-4-28-18-12-11-16(14-21(18)33-20-10-6-5-8-17(20)25(28)31)26-24(30)22(15(2)3)27-23(29)19-9-7-13-32-19/h5-15,22H,4H2,1-3H3,(H,26,30)(H,27,29)/t22-/m1/s1. The summed E-state index contributed by atoms with van der Waals surface area (Å²) >= 11 is 1.50. The highest BCUT2D eigenvalue weighted by atomic mass is 32.2. The topological polar surface area (TPSA) is 91.7 Å². The van der Waals surface area contributed by atoms with Crippen LogP contribution in [0.5, 0.6) is 0 Å². The van der Waals surface area contributed by atoms with Crippen LogP contribution in [0.4, 0.5) is 11.4 Å². The molecule has 1 aliphatic rings. The number of nitrogens with zero attached hydrogens (tertiary/aromatic N) is 1. The lowest BCUT2D eigenvalue weighted by atomic mass is 10.0. The number of hydrogen-bond acceptors (Lipinski definition) is 5. The molecule has 3 aromatic rings. The van der Waals surface area contributed by atoms with Crippen LogP contribution in [0.15, 0.2) is 75.1 Å². The van der Waals surface area contributed by atoms with Gasteiger partial charge in [-0.15, -0.1) is 0 Å². The van der Waals surface area contributed by atoms with Crippen molar-refractivity contribution >= 4 is 40.9 Å². The van der Waals surface area contributed by atoms with Crippen molar-refractivity contribution in [1.82, 2.24) is 5.32 Å². The number of carbonyl (C=O) groups excluding carboxylic acids is 3. The maximum Gasteiger partial charge on any atom is 0.287 e. The summed E-state index contributed by atoms with van der Waals surface area (Å²) in [6.45, 7) is 6.19. The Hall–Kier alpha value is -3.52. The molecule has 2 heterocycles.